The second-order valence-corrected chi connectivity index (χ2v) is 6.02. The number of benzene rings is 2. The van der Waals surface area contributed by atoms with Crippen molar-refractivity contribution in [3.8, 4) is 5.75 Å². The molecular formula is C18H14BrNO4. The summed E-state index contributed by atoms with van der Waals surface area (Å²) in [4.78, 5) is 26.0. The van der Waals surface area contributed by atoms with Crippen LogP contribution in [-0.4, -0.2) is 23.5 Å². The monoisotopic (exact) mass is 387 g/mol. The van der Waals surface area contributed by atoms with Gasteiger partial charge in [0.15, 0.2) is 5.76 Å². The van der Waals surface area contributed by atoms with Gasteiger partial charge in [0.25, 0.3) is 5.91 Å². The van der Waals surface area contributed by atoms with Gasteiger partial charge >= 0.3 is 5.91 Å². The standard InChI is InChI=1S/C18H14BrNO4/c1-2-24-14-8-6-11(7-9-14)15-16(21)18(23)20(17(15)22)13-5-3-4-12(19)10-13/h3-10,21H,2H2,1H3. The van der Waals surface area contributed by atoms with Crippen LogP contribution in [0.1, 0.15) is 12.5 Å². The molecule has 5 nitrogen and oxygen atoms in total. The summed E-state index contributed by atoms with van der Waals surface area (Å²) >= 11 is 3.31. The number of rotatable bonds is 4. The molecule has 0 saturated heterocycles. The van der Waals surface area contributed by atoms with E-state index < -0.39 is 17.6 Å². The zero-order valence-corrected chi connectivity index (χ0v) is 14.4. The lowest BCUT2D eigenvalue weighted by Gasteiger charge is -2.14. The third-order valence-electron chi connectivity index (χ3n) is 3.58. The minimum absolute atomic E-state index is 0.0111. The molecule has 6 heteroatoms. The molecule has 0 unspecified atom stereocenters. The van der Waals surface area contributed by atoms with Crippen LogP contribution in [0.2, 0.25) is 0 Å². The van der Waals surface area contributed by atoms with Crippen LogP contribution in [0.4, 0.5) is 5.69 Å². The molecule has 2 aromatic rings. The maximum atomic E-state index is 12.7. The lowest BCUT2D eigenvalue weighted by atomic mass is 10.1. The quantitative estimate of drug-likeness (QED) is 0.812. The summed E-state index contributed by atoms with van der Waals surface area (Å²) in [7, 11) is 0. The molecule has 3 rings (SSSR count). The highest BCUT2D eigenvalue weighted by molar-refractivity contribution is 9.10. The third-order valence-corrected chi connectivity index (χ3v) is 4.07. The van der Waals surface area contributed by atoms with E-state index in [1.807, 2.05) is 6.92 Å². The van der Waals surface area contributed by atoms with Crippen molar-refractivity contribution in [3.63, 3.8) is 0 Å². The van der Waals surface area contributed by atoms with E-state index in [1.54, 1.807) is 48.5 Å². The van der Waals surface area contributed by atoms with Crippen molar-refractivity contribution in [2.24, 2.45) is 0 Å². The highest BCUT2D eigenvalue weighted by Gasteiger charge is 2.40. The van der Waals surface area contributed by atoms with E-state index >= 15 is 0 Å². The zero-order valence-electron chi connectivity index (χ0n) is 12.8. The molecule has 0 atom stereocenters. The number of nitrogens with zero attached hydrogens (tertiary/aromatic N) is 1. The third kappa shape index (κ3) is 2.80. The largest absolute Gasteiger partial charge is 0.502 e. The molecule has 0 bridgehead atoms. The molecule has 0 saturated carbocycles. The fourth-order valence-corrected chi connectivity index (χ4v) is 2.90. The Kier molecular flexibility index (Phi) is 4.40. The van der Waals surface area contributed by atoms with E-state index in [9.17, 15) is 14.7 Å². The van der Waals surface area contributed by atoms with Crippen LogP contribution in [0.5, 0.6) is 5.75 Å². The minimum atomic E-state index is -0.734. The van der Waals surface area contributed by atoms with Crippen LogP contribution < -0.4 is 9.64 Å². The number of imide groups is 1. The van der Waals surface area contributed by atoms with Crippen LogP contribution >= 0.6 is 15.9 Å². The molecule has 0 radical (unpaired) electrons. The first-order valence-electron chi connectivity index (χ1n) is 7.33. The summed E-state index contributed by atoms with van der Waals surface area (Å²) in [6.07, 6.45) is 0. The van der Waals surface area contributed by atoms with Crippen molar-refractivity contribution in [1.82, 2.24) is 0 Å². The van der Waals surface area contributed by atoms with Crippen molar-refractivity contribution in [1.29, 1.82) is 0 Å². The summed E-state index contributed by atoms with van der Waals surface area (Å²) in [6, 6.07) is 13.5. The highest BCUT2D eigenvalue weighted by atomic mass is 79.9. The number of halogens is 1. The van der Waals surface area contributed by atoms with E-state index in [0.29, 0.717) is 23.6 Å². The molecule has 2 amide bonds. The maximum Gasteiger partial charge on any atom is 0.301 e. The van der Waals surface area contributed by atoms with Crippen LogP contribution in [0, 0.1) is 0 Å². The topological polar surface area (TPSA) is 66.8 Å². The first-order valence-corrected chi connectivity index (χ1v) is 8.13. The van der Waals surface area contributed by atoms with Gasteiger partial charge in [0.2, 0.25) is 0 Å². The number of amides is 2. The first-order chi connectivity index (χ1) is 11.5. The smallest absolute Gasteiger partial charge is 0.301 e. The van der Waals surface area contributed by atoms with Crippen molar-refractivity contribution in [2.75, 3.05) is 11.5 Å². The van der Waals surface area contributed by atoms with Crippen LogP contribution in [0.15, 0.2) is 58.8 Å². The number of aliphatic hydroxyl groups is 1. The van der Waals surface area contributed by atoms with Crippen LogP contribution in [-0.2, 0) is 9.59 Å². The van der Waals surface area contributed by atoms with Crippen LogP contribution in [0.3, 0.4) is 0 Å². The fourth-order valence-electron chi connectivity index (χ4n) is 2.51. The summed E-state index contributed by atoms with van der Waals surface area (Å²) in [5.74, 6) is -1.19. The van der Waals surface area contributed by atoms with Gasteiger partial charge < -0.3 is 9.84 Å². The Hall–Kier alpha value is -2.60. The number of hydrogen-bond acceptors (Lipinski definition) is 4. The molecule has 0 aliphatic carbocycles. The Labute approximate surface area is 147 Å². The number of ether oxygens (including phenoxy) is 1. The molecule has 1 N–H and O–H groups in total. The summed E-state index contributed by atoms with van der Waals surface area (Å²) in [6.45, 7) is 2.40. The Morgan fingerprint density at radius 1 is 1.08 bits per heavy atom. The van der Waals surface area contributed by atoms with E-state index in [0.717, 1.165) is 9.37 Å². The molecule has 1 aliphatic rings. The van der Waals surface area contributed by atoms with Crippen molar-refractivity contribution < 1.29 is 19.4 Å². The number of carbonyl (C=O) groups excluding carboxylic acids is 2. The lowest BCUT2D eigenvalue weighted by Crippen LogP contribution is -2.31. The summed E-state index contributed by atoms with van der Waals surface area (Å²) in [5, 5.41) is 10.2. The van der Waals surface area contributed by atoms with E-state index in [1.165, 1.54) is 0 Å². The van der Waals surface area contributed by atoms with Gasteiger partial charge in [-0.25, -0.2) is 4.90 Å². The highest BCUT2D eigenvalue weighted by Crippen LogP contribution is 2.33. The normalized spacial score (nSPS) is 14.5. The minimum Gasteiger partial charge on any atom is -0.502 e. The van der Waals surface area contributed by atoms with Gasteiger partial charge in [-0.05, 0) is 42.8 Å². The van der Waals surface area contributed by atoms with Crippen molar-refractivity contribution in [3.05, 3.63) is 64.3 Å². The summed E-state index contributed by atoms with van der Waals surface area (Å²) in [5.41, 5.74) is 0.849. The van der Waals surface area contributed by atoms with Gasteiger partial charge in [-0.3, -0.25) is 9.59 Å². The van der Waals surface area contributed by atoms with E-state index in [2.05, 4.69) is 15.9 Å². The molecule has 1 aliphatic heterocycles. The average molecular weight is 388 g/mol. The molecule has 122 valence electrons. The van der Waals surface area contributed by atoms with Gasteiger partial charge in [0.1, 0.15) is 5.75 Å². The van der Waals surface area contributed by atoms with E-state index in [-0.39, 0.29) is 5.57 Å². The maximum absolute atomic E-state index is 12.7. The van der Waals surface area contributed by atoms with Gasteiger partial charge in [-0.1, -0.05) is 34.1 Å². The molecule has 1 heterocycles. The summed E-state index contributed by atoms with van der Waals surface area (Å²) < 4.78 is 6.09. The predicted molar refractivity (Wildman–Crippen MR) is 93.8 cm³/mol. The zero-order chi connectivity index (χ0) is 17.3. The number of hydrogen-bond donors (Lipinski definition) is 1. The van der Waals surface area contributed by atoms with Gasteiger partial charge in [-0.2, -0.15) is 0 Å². The molecule has 0 aromatic heterocycles. The molecular weight excluding hydrogens is 374 g/mol. The van der Waals surface area contributed by atoms with Gasteiger partial charge in [0.05, 0.1) is 17.9 Å². The molecule has 0 fully saturated rings. The van der Waals surface area contributed by atoms with Crippen molar-refractivity contribution in [2.45, 2.75) is 6.92 Å². The molecule has 0 spiro atoms. The average Bonchev–Trinajstić information content (AvgIpc) is 2.78. The van der Waals surface area contributed by atoms with Crippen LogP contribution in [0.25, 0.3) is 5.57 Å². The number of aliphatic hydroxyl groups excluding tert-OH is 1. The number of anilines is 1. The Bertz CT molecular complexity index is 842. The predicted octanol–water partition coefficient (Wildman–Crippen LogP) is 3.69. The fraction of sp³-hybridized carbons (Fsp3) is 0.111. The Morgan fingerprint density at radius 3 is 2.42 bits per heavy atom. The van der Waals surface area contributed by atoms with Gasteiger partial charge in [-0.15, -0.1) is 0 Å². The van der Waals surface area contributed by atoms with Crippen molar-refractivity contribution >= 4 is 39.0 Å². The first kappa shape index (κ1) is 16.3. The molecule has 2 aromatic carbocycles. The Balaban J connectivity index is 1.97. The van der Waals surface area contributed by atoms with E-state index in [4.69, 9.17) is 4.74 Å². The molecule has 24 heavy (non-hydrogen) atoms. The SMILES string of the molecule is CCOc1ccc(C2=C(O)C(=O)N(c3cccc(Br)c3)C2=O)cc1. The lowest BCUT2D eigenvalue weighted by molar-refractivity contribution is -0.121. The second kappa shape index (κ2) is 6.49. The Morgan fingerprint density at radius 2 is 1.79 bits per heavy atom. The number of carbonyl (C=O) groups is 2. The second-order valence-electron chi connectivity index (χ2n) is 5.11. The van der Waals surface area contributed by atoms with Gasteiger partial charge in [0, 0.05) is 4.47 Å².